The summed E-state index contributed by atoms with van der Waals surface area (Å²) < 4.78 is 0. The Morgan fingerprint density at radius 2 is 0.933 bits per heavy atom. The van der Waals surface area contributed by atoms with Crippen molar-refractivity contribution in [3.8, 4) is 23.7 Å². The van der Waals surface area contributed by atoms with Crippen LogP contribution in [0.4, 0.5) is 0 Å². The fraction of sp³-hybridized carbons (Fsp3) is 0.286. The highest BCUT2D eigenvalue weighted by Gasteiger charge is 1.95. The van der Waals surface area contributed by atoms with Crippen LogP contribution in [0.3, 0.4) is 0 Å². The molecule has 0 aliphatic rings. The molecule has 1 heterocycles. The summed E-state index contributed by atoms with van der Waals surface area (Å²) in [6, 6.07) is 20.6. The minimum atomic E-state index is 0.649. The molecular weight excluding hydrogens is 364 g/mol. The van der Waals surface area contributed by atoms with E-state index >= 15 is 0 Å². The fourth-order valence-corrected chi connectivity index (χ4v) is 3.01. The van der Waals surface area contributed by atoms with E-state index in [4.69, 9.17) is 0 Å². The minimum Gasteiger partial charge on any atom is -0.141 e. The molecule has 2 heteroatoms. The van der Waals surface area contributed by atoms with Crippen LogP contribution in [0.2, 0.25) is 0 Å². The largest absolute Gasteiger partial charge is 0.141 e. The highest BCUT2D eigenvalue weighted by molar-refractivity contribution is 5.43. The van der Waals surface area contributed by atoms with Crippen LogP contribution >= 0.6 is 0 Å². The lowest BCUT2D eigenvalue weighted by Crippen LogP contribution is -1.91. The SMILES string of the molecule is CCCCc1ccc(C#Cc2ccc(C#Cc3ccc(CCCC)cc3)nn2)cc1. The zero-order chi connectivity index (χ0) is 21.0. The molecule has 0 saturated carbocycles. The third-order valence-corrected chi connectivity index (χ3v) is 4.88. The standard InChI is InChI=1S/C28H28N2/c1-3-5-7-23-9-13-25(14-10-23)17-19-27-21-22-28(30-29-27)20-18-26-15-11-24(12-16-26)8-6-4-2/h9-16,21-22H,3-8H2,1-2H3. The molecule has 0 atom stereocenters. The number of aryl methyl sites for hydroxylation is 2. The minimum absolute atomic E-state index is 0.649. The summed E-state index contributed by atoms with van der Waals surface area (Å²) in [4.78, 5) is 0. The molecule has 2 aromatic carbocycles. The molecule has 0 radical (unpaired) electrons. The van der Waals surface area contributed by atoms with Gasteiger partial charge in [0.25, 0.3) is 0 Å². The number of aromatic nitrogens is 2. The Morgan fingerprint density at radius 1 is 0.533 bits per heavy atom. The fourth-order valence-electron chi connectivity index (χ4n) is 3.01. The maximum Gasteiger partial charge on any atom is 0.136 e. The third kappa shape index (κ3) is 6.91. The van der Waals surface area contributed by atoms with Crippen LogP contribution < -0.4 is 0 Å². The van der Waals surface area contributed by atoms with Gasteiger partial charge in [0.1, 0.15) is 11.4 Å². The summed E-state index contributed by atoms with van der Waals surface area (Å²) in [5.74, 6) is 12.5. The summed E-state index contributed by atoms with van der Waals surface area (Å²) >= 11 is 0. The maximum atomic E-state index is 4.19. The molecule has 0 aliphatic heterocycles. The first-order valence-electron chi connectivity index (χ1n) is 10.8. The van der Waals surface area contributed by atoms with Crippen LogP contribution in [0.1, 0.15) is 73.2 Å². The van der Waals surface area contributed by atoms with Crippen LogP contribution in [-0.4, -0.2) is 10.2 Å². The lowest BCUT2D eigenvalue weighted by molar-refractivity contribution is 0.795. The van der Waals surface area contributed by atoms with Crippen molar-refractivity contribution >= 4 is 0 Å². The van der Waals surface area contributed by atoms with E-state index in [0.29, 0.717) is 11.4 Å². The molecule has 3 rings (SSSR count). The monoisotopic (exact) mass is 392 g/mol. The number of nitrogens with zero attached hydrogens (tertiary/aromatic N) is 2. The summed E-state index contributed by atoms with van der Waals surface area (Å²) in [5, 5.41) is 8.37. The summed E-state index contributed by atoms with van der Waals surface area (Å²) in [6.07, 6.45) is 7.13. The molecule has 150 valence electrons. The lowest BCUT2D eigenvalue weighted by Gasteiger charge is -1.99. The second kappa shape index (κ2) is 11.6. The Hall–Kier alpha value is -3.36. The average molecular weight is 393 g/mol. The first kappa shape index (κ1) is 21.4. The maximum absolute atomic E-state index is 4.19. The zero-order valence-corrected chi connectivity index (χ0v) is 17.9. The van der Waals surface area contributed by atoms with Crippen molar-refractivity contribution < 1.29 is 0 Å². The van der Waals surface area contributed by atoms with Crippen molar-refractivity contribution in [3.63, 3.8) is 0 Å². The van der Waals surface area contributed by atoms with E-state index in [1.165, 1.54) is 36.8 Å². The van der Waals surface area contributed by atoms with Crippen LogP contribution in [-0.2, 0) is 12.8 Å². The van der Waals surface area contributed by atoms with Crippen LogP contribution in [0.15, 0.2) is 60.7 Å². The van der Waals surface area contributed by atoms with Gasteiger partial charge in [0, 0.05) is 11.1 Å². The number of hydrogen-bond donors (Lipinski definition) is 0. The van der Waals surface area contributed by atoms with Gasteiger partial charge >= 0.3 is 0 Å². The predicted octanol–water partition coefficient (Wildman–Crippen LogP) is 5.96. The molecule has 0 bridgehead atoms. The van der Waals surface area contributed by atoms with E-state index in [2.05, 4.69) is 96.3 Å². The van der Waals surface area contributed by atoms with E-state index < -0.39 is 0 Å². The van der Waals surface area contributed by atoms with Crippen molar-refractivity contribution in [2.45, 2.75) is 52.4 Å². The molecule has 0 fully saturated rings. The topological polar surface area (TPSA) is 25.8 Å². The molecule has 0 spiro atoms. The van der Waals surface area contributed by atoms with Gasteiger partial charge in [-0.2, -0.15) is 0 Å². The first-order chi connectivity index (χ1) is 14.8. The normalized spacial score (nSPS) is 9.93. The number of benzene rings is 2. The van der Waals surface area contributed by atoms with Crippen LogP contribution in [0.5, 0.6) is 0 Å². The van der Waals surface area contributed by atoms with Gasteiger partial charge in [-0.3, -0.25) is 0 Å². The Balaban J connectivity index is 1.59. The van der Waals surface area contributed by atoms with Gasteiger partial charge in [-0.25, -0.2) is 0 Å². The van der Waals surface area contributed by atoms with E-state index in [-0.39, 0.29) is 0 Å². The molecule has 1 aromatic heterocycles. The lowest BCUT2D eigenvalue weighted by atomic mass is 10.1. The van der Waals surface area contributed by atoms with E-state index in [1.807, 2.05) is 12.1 Å². The average Bonchev–Trinajstić information content (AvgIpc) is 2.80. The third-order valence-electron chi connectivity index (χ3n) is 4.88. The highest BCUT2D eigenvalue weighted by atomic mass is 15.1. The van der Waals surface area contributed by atoms with Crippen LogP contribution in [0.25, 0.3) is 0 Å². The highest BCUT2D eigenvalue weighted by Crippen LogP contribution is 2.08. The molecule has 2 nitrogen and oxygen atoms in total. The zero-order valence-electron chi connectivity index (χ0n) is 17.9. The Labute approximate surface area is 180 Å². The smallest absolute Gasteiger partial charge is 0.136 e. The molecule has 0 saturated heterocycles. The molecule has 0 N–H and O–H groups in total. The van der Waals surface area contributed by atoms with E-state index in [0.717, 1.165) is 24.0 Å². The van der Waals surface area contributed by atoms with Gasteiger partial charge in [-0.05, 0) is 85.0 Å². The number of hydrogen-bond acceptors (Lipinski definition) is 2. The van der Waals surface area contributed by atoms with Gasteiger partial charge in [0.15, 0.2) is 0 Å². The summed E-state index contributed by atoms with van der Waals surface area (Å²) in [6.45, 7) is 4.42. The van der Waals surface area contributed by atoms with Crippen molar-refractivity contribution in [2.75, 3.05) is 0 Å². The number of unbranched alkanes of at least 4 members (excludes halogenated alkanes) is 2. The number of rotatable bonds is 6. The quantitative estimate of drug-likeness (QED) is 0.484. The van der Waals surface area contributed by atoms with Crippen molar-refractivity contribution in [1.82, 2.24) is 10.2 Å². The molecule has 0 amide bonds. The second-order valence-electron chi connectivity index (χ2n) is 7.40. The molecule has 30 heavy (non-hydrogen) atoms. The van der Waals surface area contributed by atoms with Crippen molar-refractivity contribution in [1.29, 1.82) is 0 Å². The summed E-state index contributed by atoms with van der Waals surface area (Å²) in [5.41, 5.74) is 6.00. The molecule has 0 unspecified atom stereocenters. The van der Waals surface area contributed by atoms with E-state index in [9.17, 15) is 0 Å². The Bertz CT molecular complexity index is 950. The Morgan fingerprint density at radius 3 is 1.27 bits per heavy atom. The van der Waals surface area contributed by atoms with Gasteiger partial charge in [0.05, 0.1) is 0 Å². The molecular formula is C28H28N2. The summed E-state index contributed by atoms with van der Waals surface area (Å²) in [7, 11) is 0. The first-order valence-corrected chi connectivity index (χ1v) is 10.8. The van der Waals surface area contributed by atoms with Gasteiger partial charge in [-0.15, -0.1) is 10.2 Å². The second-order valence-corrected chi connectivity index (χ2v) is 7.40. The van der Waals surface area contributed by atoms with Gasteiger partial charge in [-0.1, -0.05) is 62.8 Å². The van der Waals surface area contributed by atoms with Gasteiger partial charge in [0.2, 0.25) is 0 Å². The molecule has 0 aliphatic carbocycles. The van der Waals surface area contributed by atoms with Crippen molar-refractivity contribution in [3.05, 3.63) is 94.3 Å². The van der Waals surface area contributed by atoms with Crippen LogP contribution in [0, 0.1) is 23.7 Å². The predicted molar refractivity (Wildman–Crippen MR) is 124 cm³/mol. The van der Waals surface area contributed by atoms with Gasteiger partial charge < -0.3 is 0 Å². The Kier molecular flexibility index (Phi) is 8.25. The van der Waals surface area contributed by atoms with Crippen molar-refractivity contribution in [2.24, 2.45) is 0 Å². The van der Waals surface area contributed by atoms with E-state index in [1.54, 1.807) is 0 Å². The molecule has 3 aromatic rings.